The number of anilines is 1. The first-order chi connectivity index (χ1) is 9.15. The van der Waals surface area contributed by atoms with Gasteiger partial charge in [-0.2, -0.15) is 0 Å². The summed E-state index contributed by atoms with van der Waals surface area (Å²) in [6.45, 7) is 0. The van der Waals surface area contributed by atoms with Gasteiger partial charge in [-0.1, -0.05) is 0 Å². The number of imidazole rings is 1. The number of aliphatic imine (C=N–C) groups is 1. The van der Waals surface area contributed by atoms with Crippen LogP contribution < -0.4 is 4.90 Å². The van der Waals surface area contributed by atoms with E-state index >= 15 is 0 Å². The third kappa shape index (κ3) is 2.52. The highest BCUT2D eigenvalue weighted by Gasteiger charge is 2.18. The summed E-state index contributed by atoms with van der Waals surface area (Å²) in [4.78, 5) is 26.0. The standard InChI is InChI=1S/C13H15N5O/c1-14-9-12-16-8-11(18(12)3)13(19)17(2)10-5-4-6-15-7-10/h4-9H,1-3H3/b14-9+. The van der Waals surface area contributed by atoms with Crippen LogP contribution in [0.3, 0.4) is 0 Å². The van der Waals surface area contributed by atoms with Crippen LogP contribution >= 0.6 is 0 Å². The van der Waals surface area contributed by atoms with Crippen molar-refractivity contribution in [3.63, 3.8) is 0 Å². The van der Waals surface area contributed by atoms with Crippen molar-refractivity contribution in [3.05, 3.63) is 42.2 Å². The maximum absolute atomic E-state index is 12.4. The summed E-state index contributed by atoms with van der Waals surface area (Å²) in [5, 5.41) is 0. The van der Waals surface area contributed by atoms with Gasteiger partial charge in [-0.05, 0) is 12.1 Å². The molecular weight excluding hydrogens is 242 g/mol. The first-order valence-electron chi connectivity index (χ1n) is 5.77. The normalized spacial score (nSPS) is 10.9. The highest BCUT2D eigenvalue weighted by molar-refractivity contribution is 6.04. The highest BCUT2D eigenvalue weighted by Crippen LogP contribution is 2.13. The van der Waals surface area contributed by atoms with Crippen molar-refractivity contribution in [2.75, 3.05) is 19.0 Å². The predicted molar refractivity (Wildman–Crippen MR) is 73.7 cm³/mol. The molecule has 19 heavy (non-hydrogen) atoms. The smallest absolute Gasteiger partial charge is 0.276 e. The van der Waals surface area contributed by atoms with Gasteiger partial charge in [0.1, 0.15) is 5.69 Å². The summed E-state index contributed by atoms with van der Waals surface area (Å²) < 4.78 is 1.71. The number of hydrogen-bond acceptors (Lipinski definition) is 4. The molecule has 0 aromatic carbocycles. The molecule has 0 aliphatic carbocycles. The van der Waals surface area contributed by atoms with Crippen LogP contribution in [0.1, 0.15) is 16.3 Å². The van der Waals surface area contributed by atoms with Crippen LogP contribution in [-0.4, -0.2) is 40.8 Å². The molecule has 0 aliphatic heterocycles. The van der Waals surface area contributed by atoms with Crippen LogP contribution in [-0.2, 0) is 7.05 Å². The van der Waals surface area contributed by atoms with Crippen LogP contribution in [0, 0.1) is 0 Å². The number of rotatable bonds is 3. The van der Waals surface area contributed by atoms with Crippen LogP contribution in [0.4, 0.5) is 5.69 Å². The van der Waals surface area contributed by atoms with Crippen LogP contribution in [0.2, 0.25) is 0 Å². The van der Waals surface area contributed by atoms with E-state index in [4.69, 9.17) is 0 Å². The number of carbonyl (C=O) groups is 1. The van der Waals surface area contributed by atoms with Crippen LogP contribution in [0.5, 0.6) is 0 Å². The molecule has 0 bridgehead atoms. The fraction of sp³-hybridized carbons (Fsp3) is 0.231. The Balaban J connectivity index is 2.30. The quantitative estimate of drug-likeness (QED) is 0.775. The summed E-state index contributed by atoms with van der Waals surface area (Å²) >= 11 is 0. The molecule has 0 unspecified atom stereocenters. The topological polar surface area (TPSA) is 63.4 Å². The van der Waals surface area contributed by atoms with Gasteiger partial charge in [-0.25, -0.2) is 4.98 Å². The van der Waals surface area contributed by atoms with E-state index in [1.54, 1.807) is 56.6 Å². The lowest BCUT2D eigenvalue weighted by molar-refractivity contribution is 0.0985. The number of hydrogen-bond donors (Lipinski definition) is 0. The monoisotopic (exact) mass is 257 g/mol. The van der Waals surface area contributed by atoms with Gasteiger partial charge in [0.25, 0.3) is 5.91 Å². The molecule has 2 rings (SSSR count). The largest absolute Gasteiger partial charge is 0.322 e. The van der Waals surface area contributed by atoms with E-state index in [0.29, 0.717) is 11.5 Å². The third-order valence-corrected chi connectivity index (χ3v) is 2.83. The van der Waals surface area contributed by atoms with Gasteiger partial charge in [0, 0.05) is 27.3 Å². The van der Waals surface area contributed by atoms with Gasteiger partial charge in [-0.15, -0.1) is 0 Å². The number of pyridine rings is 1. The third-order valence-electron chi connectivity index (χ3n) is 2.83. The number of nitrogens with zero attached hydrogens (tertiary/aromatic N) is 5. The molecule has 2 heterocycles. The SMILES string of the molecule is C/N=C/c1ncc(C(=O)N(C)c2cccnc2)n1C. The van der Waals surface area contributed by atoms with Crippen molar-refractivity contribution >= 4 is 17.8 Å². The predicted octanol–water partition coefficient (Wildman–Crippen LogP) is 1.14. The summed E-state index contributed by atoms with van der Waals surface area (Å²) in [6.07, 6.45) is 6.47. The highest BCUT2D eigenvalue weighted by atomic mass is 16.2. The van der Waals surface area contributed by atoms with Crippen LogP contribution in [0.15, 0.2) is 35.7 Å². The summed E-state index contributed by atoms with van der Waals surface area (Å²) in [6, 6.07) is 3.62. The fourth-order valence-electron chi connectivity index (χ4n) is 1.70. The fourth-order valence-corrected chi connectivity index (χ4v) is 1.70. The Bertz CT molecular complexity index is 603. The molecule has 0 N–H and O–H groups in total. The van der Waals surface area contributed by atoms with Gasteiger partial charge >= 0.3 is 0 Å². The van der Waals surface area contributed by atoms with Crippen molar-refractivity contribution < 1.29 is 4.79 Å². The second-order valence-corrected chi connectivity index (χ2v) is 4.02. The van der Waals surface area contributed by atoms with E-state index in [-0.39, 0.29) is 5.91 Å². The molecule has 0 atom stereocenters. The molecule has 2 aromatic heterocycles. The first-order valence-corrected chi connectivity index (χ1v) is 5.77. The molecule has 6 heteroatoms. The number of aromatic nitrogens is 3. The molecule has 0 radical (unpaired) electrons. The zero-order valence-corrected chi connectivity index (χ0v) is 11.1. The minimum atomic E-state index is -0.140. The molecule has 0 saturated heterocycles. The Morgan fingerprint density at radius 1 is 1.47 bits per heavy atom. The van der Waals surface area contributed by atoms with E-state index in [2.05, 4.69) is 15.0 Å². The van der Waals surface area contributed by atoms with Crippen molar-refractivity contribution in [1.29, 1.82) is 0 Å². The number of amides is 1. The Labute approximate surface area is 111 Å². The van der Waals surface area contributed by atoms with E-state index in [0.717, 1.165) is 5.69 Å². The molecule has 0 fully saturated rings. The molecule has 2 aromatic rings. The Kier molecular flexibility index (Phi) is 3.70. The van der Waals surface area contributed by atoms with E-state index in [9.17, 15) is 4.79 Å². The van der Waals surface area contributed by atoms with Gasteiger partial charge in [0.05, 0.1) is 24.3 Å². The summed E-state index contributed by atoms with van der Waals surface area (Å²) in [5.74, 6) is 0.504. The lowest BCUT2D eigenvalue weighted by Crippen LogP contribution is -2.28. The van der Waals surface area contributed by atoms with E-state index in [1.807, 2.05) is 6.07 Å². The molecular formula is C13H15N5O. The van der Waals surface area contributed by atoms with E-state index < -0.39 is 0 Å². The minimum Gasteiger partial charge on any atom is -0.322 e. The maximum Gasteiger partial charge on any atom is 0.276 e. The lowest BCUT2D eigenvalue weighted by atomic mass is 10.3. The van der Waals surface area contributed by atoms with Crippen molar-refractivity contribution in [2.24, 2.45) is 12.0 Å². The second-order valence-electron chi connectivity index (χ2n) is 4.02. The van der Waals surface area contributed by atoms with Crippen molar-refractivity contribution in [2.45, 2.75) is 0 Å². The second kappa shape index (κ2) is 5.43. The first kappa shape index (κ1) is 12.9. The Morgan fingerprint density at radius 3 is 2.89 bits per heavy atom. The molecule has 0 spiro atoms. The average molecular weight is 257 g/mol. The Morgan fingerprint density at radius 2 is 2.26 bits per heavy atom. The molecule has 6 nitrogen and oxygen atoms in total. The zero-order chi connectivity index (χ0) is 13.8. The van der Waals surface area contributed by atoms with Gasteiger partial charge in [0.2, 0.25) is 0 Å². The van der Waals surface area contributed by atoms with Gasteiger partial charge in [-0.3, -0.25) is 14.8 Å². The molecule has 0 aliphatic rings. The number of carbonyl (C=O) groups excluding carboxylic acids is 1. The molecule has 0 saturated carbocycles. The van der Waals surface area contributed by atoms with Gasteiger partial charge in [0.15, 0.2) is 5.82 Å². The summed E-state index contributed by atoms with van der Waals surface area (Å²) in [5.41, 5.74) is 1.24. The van der Waals surface area contributed by atoms with E-state index in [1.165, 1.54) is 4.90 Å². The van der Waals surface area contributed by atoms with Gasteiger partial charge < -0.3 is 9.47 Å². The van der Waals surface area contributed by atoms with Crippen LogP contribution in [0.25, 0.3) is 0 Å². The minimum absolute atomic E-state index is 0.140. The molecule has 1 amide bonds. The lowest BCUT2D eigenvalue weighted by Gasteiger charge is -2.16. The maximum atomic E-state index is 12.4. The zero-order valence-electron chi connectivity index (χ0n) is 11.1. The average Bonchev–Trinajstić information content (AvgIpc) is 2.80. The molecule has 98 valence electrons. The Hall–Kier alpha value is -2.50. The summed E-state index contributed by atoms with van der Waals surface area (Å²) in [7, 11) is 5.16. The van der Waals surface area contributed by atoms with Crippen molar-refractivity contribution in [1.82, 2.24) is 14.5 Å². The van der Waals surface area contributed by atoms with Crippen molar-refractivity contribution in [3.8, 4) is 0 Å².